The summed E-state index contributed by atoms with van der Waals surface area (Å²) in [6.45, 7) is 7.48. The van der Waals surface area contributed by atoms with Crippen molar-refractivity contribution in [1.82, 2.24) is 9.80 Å². The van der Waals surface area contributed by atoms with E-state index in [0.29, 0.717) is 19.1 Å². The molecule has 0 aromatic carbocycles. The third-order valence-electron chi connectivity index (χ3n) is 4.08. The van der Waals surface area contributed by atoms with E-state index in [1.807, 2.05) is 7.05 Å². The Kier molecular flexibility index (Phi) is 5.17. The molecule has 0 aromatic heterocycles. The van der Waals surface area contributed by atoms with E-state index in [-0.39, 0.29) is 11.3 Å². The van der Waals surface area contributed by atoms with E-state index in [1.165, 1.54) is 6.26 Å². The van der Waals surface area contributed by atoms with Crippen molar-refractivity contribution in [2.75, 3.05) is 45.2 Å². The first-order valence-electron chi connectivity index (χ1n) is 6.53. The van der Waals surface area contributed by atoms with Crippen LogP contribution in [0.2, 0.25) is 0 Å². The Balaban J connectivity index is 2.66. The van der Waals surface area contributed by atoms with E-state index in [1.54, 1.807) is 0 Å². The molecule has 0 aromatic rings. The van der Waals surface area contributed by atoms with Crippen LogP contribution in [0.25, 0.3) is 0 Å². The monoisotopic (exact) mass is 277 g/mol. The quantitative estimate of drug-likeness (QED) is 0.727. The fourth-order valence-corrected chi connectivity index (χ4v) is 3.11. The Bertz CT molecular complexity index is 370. The predicted octanol–water partition coefficient (Wildman–Crippen LogP) is -0.226. The standard InChI is InChI=1S/C12H27N3O2S/c1-11(2)15-6-5-12(9-13,10-15)14(3)7-8-18(4,16)17/h11H,5-10,13H2,1-4H3. The molecule has 1 rings (SSSR count). The molecule has 1 aliphatic rings. The second-order valence-corrected chi connectivity index (χ2v) is 8.05. The number of nitrogens with zero attached hydrogens (tertiary/aromatic N) is 2. The molecule has 18 heavy (non-hydrogen) atoms. The van der Waals surface area contributed by atoms with Gasteiger partial charge < -0.3 is 5.73 Å². The van der Waals surface area contributed by atoms with Crippen LogP contribution in [-0.2, 0) is 9.84 Å². The molecule has 5 nitrogen and oxygen atoms in total. The zero-order chi connectivity index (χ0) is 14.0. The second-order valence-electron chi connectivity index (χ2n) is 5.79. The van der Waals surface area contributed by atoms with Crippen molar-refractivity contribution < 1.29 is 8.42 Å². The van der Waals surface area contributed by atoms with Gasteiger partial charge in [0, 0.05) is 44.0 Å². The molecule has 1 aliphatic heterocycles. The van der Waals surface area contributed by atoms with Crippen molar-refractivity contribution in [2.45, 2.75) is 31.8 Å². The van der Waals surface area contributed by atoms with Crippen molar-refractivity contribution in [3.8, 4) is 0 Å². The van der Waals surface area contributed by atoms with E-state index in [4.69, 9.17) is 5.73 Å². The molecule has 6 heteroatoms. The largest absolute Gasteiger partial charge is 0.329 e. The summed E-state index contributed by atoms with van der Waals surface area (Å²) < 4.78 is 22.5. The predicted molar refractivity (Wildman–Crippen MR) is 75.5 cm³/mol. The first-order valence-corrected chi connectivity index (χ1v) is 8.59. The van der Waals surface area contributed by atoms with E-state index in [2.05, 4.69) is 23.6 Å². The van der Waals surface area contributed by atoms with Gasteiger partial charge in [0.2, 0.25) is 0 Å². The van der Waals surface area contributed by atoms with Crippen molar-refractivity contribution >= 4 is 9.84 Å². The lowest BCUT2D eigenvalue weighted by Gasteiger charge is -2.38. The van der Waals surface area contributed by atoms with Crippen molar-refractivity contribution in [3.63, 3.8) is 0 Å². The van der Waals surface area contributed by atoms with E-state index >= 15 is 0 Å². The molecule has 1 unspecified atom stereocenters. The van der Waals surface area contributed by atoms with Crippen molar-refractivity contribution in [1.29, 1.82) is 0 Å². The molecule has 1 heterocycles. The number of sulfone groups is 1. The van der Waals surface area contributed by atoms with E-state index in [9.17, 15) is 8.42 Å². The molecule has 108 valence electrons. The van der Waals surface area contributed by atoms with Crippen LogP contribution in [0.5, 0.6) is 0 Å². The van der Waals surface area contributed by atoms with Crippen LogP contribution in [-0.4, -0.2) is 75.0 Å². The third kappa shape index (κ3) is 3.91. The lowest BCUT2D eigenvalue weighted by atomic mass is 9.97. The summed E-state index contributed by atoms with van der Waals surface area (Å²) in [5, 5.41) is 0. The highest BCUT2D eigenvalue weighted by Crippen LogP contribution is 2.27. The summed E-state index contributed by atoms with van der Waals surface area (Å²) in [5.74, 6) is 0.201. The average Bonchev–Trinajstić information content (AvgIpc) is 2.70. The van der Waals surface area contributed by atoms with Crippen LogP contribution in [0.1, 0.15) is 20.3 Å². The number of nitrogens with two attached hydrogens (primary N) is 1. The molecule has 1 saturated heterocycles. The third-order valence-corrected chi connectivity index (χ3v) is 5.00. The summed E-state index contributed by atoms with van der Waals surface area (Å²) in [4.78, 5) is 4.54. The van der Waals surface area contributed by atoms with Gasteiger partial charge in [0.05, 0.1) is 5.75 Å². The highest BCUT2D eigenvalue weighted by atomic mass is 32.2. The van der Waals surface area contributed by atoms with Crippen molar-refractivity contribution in [3.05, 3.63) is 0 Å². The molecule has 0 radical (unpaired) electrons. The molecule has 1 atom stereocenters. The van der Waals surface area contributed by atoms with Gasteiger partial charge in [-0.1, -0.05) is 0 Å². The Morgan fingerprint density at radius 1 is 1.44 bits per heavy atom. The van der Waals surface area contributed by atoms with Crippen LogP contribution in [0.3, 0.4) is 0 Å². The SMILES string of the molecule is CC(C)N1CCC(CN)(N(C)CCS(C)(=O)=O)C1. The lowest BCUT2D eigenvalue weighted by molar-refractivity contribution is 0.130. The Morgan fingerprint density at radius 2 is 2.06 bits per heavy atom. The maximum absolute atomic E-state index is 11.2. The maximum atomic E-state index is 11.2. The minimum Gasteiger partial charge on any atom is -0.329 e. The Morgan fingerprint density at radius 3 is 2.44 bits per heavy atom. The number of rotatable bonds is 6. The zero-order valence-electron chi connectivity index (χ0n) is 12.0. The summed E-state index contributed by atoms with van der Waals surface area (Å²) >= 11 is 0. The molecule has 0 spiro atoms. The number of hydrogen-bond acceptors (Lipinski definition) is 5. The van der Waals surface area contributed by atoms with E-state index < -0.39 is 9.84 Å². The molecule has 0 aliphatic carbocycles. The van der Waals surface area contributed by atoms with Gasteiger partial charge in [0.25, 0.3) is 0 Å². The van der Waals surface area contributed by atoms with Gasteiger partial charge in [-0.15, -0.1) is 0 Å². The minimum atomic E-state index is -2.91. The van der Waals surface area contributed by atoms with Gasteiger partial charge in [-0.2, -0.15) is 0 Å². The Labute approximate surface area is 111 Å². The fourth-order valence-electron chi connectivity index (χ4n) is 2.50. The lowest BCUT2D eigenvalue weighted by Crippen LogP contribution is -2.55. The normalized spacial score (nSPS) is 26.4. The van der Waals surface area contributed by atoms with Gasteiger partial charge in [-0.3, -0.25) is 9.80 Å². The Hall–Kier alpha value is -0.170. The second kappa shape index (κ2) is 5.86. The summed E-state index contributed by atoms with van der Waals surface area (Å²) in [6, 6.07) is 0.515. The summed E-state index contributed by atoms with van der Waals surface area (Å²) in [6.07, 6.45) is 2.30. The minimum absolute atomic E-state index is 0.0606. The van der Waals surface area contributed by atoms with Crippen LogP contribution in [0.15, 0.2) is 0 Å². The number of likely N-dealkylation sites (N-methyl/N-ethyl adjacent to an activating group) is 1. The molecular weight excluding hydrogens is 250 g/mol. The molecule has 0 amide bonds. The molecule has 2 N–H and O–H groups in total. The van der Waals surface area contributed by atoms with Gasteiger partial charge in [0.1, 0.15) is 9.84 Å². The van der Waals surface area contributed by atoms with Gasteiger partial charge >= 0.3 is 0 Å². The first kappa shape index (κ1) is 15.9. The molecule has 0 bridgehead atoms. The highest BCUT2D eigenvalue weighted by molar-refractivity contribution is 7.90. The smallest absolute Gasteiger partial charge is 0.148 e. The maximum Gasteiger partial charge on any atom is 0.148 e. The van der Waals surface area contributed by atoms with Gasteiger partial charge in [-0.25, -0.2) is 8.42 Å². The molecule has 1 fully saturated rings. The highest BCUT2D eigenvalue weighted by Gasteiger charge is 2.40. The van der Waals surface area contributed by atoms with Gasteiger partial charge in [-0.05, 0) is 27.3 Å². The van der Waals surface area contributed by atoms with Crippen LogP contribution in [0, 0.1) is 0 Å². The van der Waals surface area contributed by atoms with Gasteiger partial charge in [0.15, 0.2) is 0 Å². The van der Waals surface area contributed by atoms with E-state index in [0.717, 1.165) is 19.5 Å². The topological polar surface area (TPSA) is 66.6 Å². The number of likely N-dealkylation sites (tertiary alicyclic amines) is 1. The molecule has 0 saturated carbocycles. The average molecular weight is 277 g/mol. The summed E-state index contributed by atoms with van der Waals surface area (Å²) in [7, 11) is -0.922. The zero-order valence-corrected chi connectivity index (χ0v) is 12.8. The fraction of sp³-hybridized carbons (Fsp3) is 1.00. The summed E-state index contributed by atoms with van der Waals surface area (Å²) in [5.41, 5.74) is 5.89. The van der Waals surface area contributed by atoms with Crippen LogP contribution in [0.4, 0.5) is 0 Å². The first-order chi connectivity index (χ1) is 8.20. The van der Waals surface area contributed by atoms with Crippen LogP contribution >= 0.6 is 0 Å². The number of hydrogen-bond donors (Lipinski definition) is 1. The molecular formula is C12H27N3O2S. The van der Waals surface area contributed by atoms with Crippen molar-refractivity contribution in [2.24, 2.45) is 5.73 Å². The van der Waals surface area contributed by atoms with Crippen LogP contribution < -0.4 is 5.73 Å².